The number of nitrogens with one attached hydrogen (secondary N) is 1. The number of aromatic nitrogens is 3. The molecule has 9 heteroatoms. The molecule has 0 saturated heterocycles. The molecular formula is C19H21F3N4O2. The molecule has 6 nitrogen and oxygen atoms in total. The maximum absolute atomic E-state index is 13.0. The standard InChI is InChI=1S/C19H21F3N4O2/c1-10-16-17(27)25(15-5-3-4-14(23-10)26(15)16)11(2)12-6-8-13(9-7-12)24-18(28)19(20,21)22/h3-5,11-13H,6-9H2,1-2H3,(H,24,28)/t11?,12-,13-. The Morgan fingerprint density at radius 2 is 1.93 bits per heavy atom. The summed E-state index contributed by atoms with van der Waals surface area (Å²) < 4.78 is 40.9. The fourth-order valence-electron chi connectivity index (χ4n) is 4.46. The Balaban J connectivity index is 1.55. The van der Waals surface area contributed by atoms with Gasteiger partial charge in [0.1, 0.15) is 16.8 Å². The van der Waals surface area contributed by atoms with E-state index in [0.717, 1.165) is 11.3 Å². The lowest BCUT2D eigenvalue weighted by Crippen LogP contribution is -2.45. The van der Waals surface area contributed by atoms with Gasteiger partial charge in [0, 0.05) is 12.1 Å². The average molecular weight is 394 g/mol. The van der Waals surface area contributed by atoms with E-state index in [0.29, 0.717) is 36.9 Å². The summed E-state index contributed by atoms with van der Waals surface area (Å²) in [5.41, 5.74) is 2.67. The number of aryl methyl sites for hydroxylation is 1. The van der Waals surface area contributed by atoms with E-state index in [-0.39, 0.29) is 17.5 Å². The summed E-state index contributed by atoms with van der Waals surface area (Å²) in [4.78, 5) is 28.6. The van der Waals surface area contributed by atoms with Crippen molar-refractivity contribution in [3.63, 3.8) is 0 Å². The molecule has 0 radical (unpaired) electrons. The smallest absolute Gasteiger partial charge is 0.346 e. The number of carbonyl (C=O) groups is 1. The molecule has 0 spiro atoms. The van der Waals surface area contributed by atoms with Crippen LogP contribution in [-0.4, -0.2) is 32.1 Å². The van der Waals surface area contributed by atoms with Crippen molar-refractivity contribution in [3.05, 3.63) is 34.2 Å². The second-order valence-corrected chi connectivity index (χ2v) is 7.62. The number of hydrogen-bond acceptors (Lipinski definition) is 3. The third-order valence-corrected chi connectivity index (χ3v) is 5.92. The predicted molar refractivity (Wildman–Crippen MR) is 97.5 cm³/mol. The van der Waals surface area contributed by atoms with Crippen molar-refractivity contribution in [2.24, 2.45) is 5.92 Å². The van der Waals surface area contributed by atoms with Gasteiger partial charge in [-0.2, -0.15) is 13.2 Å². The Morgan fingerprint density at radius 1 is 1.25 bits per heavy atom. The zero-order valence-corrected chi connectivity index (χ0v) is 15.6. The SMILES string of the molecule is Cc1nc2cccc3n(C(C)[C@H]4CC[C@H](NC(=O)C(F)(F)F)CC4)c(=O)c1n23. The first-order valence-electron chi connectivity index (χ1n) is 9.38. The summed E-state index contributed by atoms with van der Waals surface area (Å²) in [7, 11) is 0. The highest BCUT2D eigenvalue weighted by molar-refractivity contribution is 5.81. The molecule has 0 aromatic carbocycles. The minimum absolute atomic E-state index is 0.0915. The van der Waals surface area contributed by atoms with Crippen molar-refractivity contribution in [3.8, 4) is 0 Å². The number of nitrogens with zero attached hydrogens (tertiary/aromatic N) is 3. The van der Waals surface area contributed by atoms with Crippen molar-refractivity contribution >= 4 is 22.7 Å². The molecule has 1 aliphatic carbocycles. The van der Waals surface area contributed by atoms with Crippen molar-refractivity contribution in [2.45, 2.75) is 57.8 Å². The lowest BCUT2D eigenvalue weighted by atomic mass is 9.82. The monoisotopic (exact) mass is 394 g/mol. The van der Waals surface area contributed by atoms with Gasteiger partial charge in [0.05, 0.1) is 5.69 Å². The van der Waals surface area contributed by atoms with Crippen LogP contribution in [0.4, 0.5) is 13.2 Å². The minimum Gasteiger partial charge on any atom is -0.346 e. The number of amides is 1. The molecule has 1 fully saturated rings. The molecule has 0 aliphatic heterocycles. The summed E-state index contributed by atoms with van der Waals surface area (Å²) in [6.45, 7) is 3.79. The van der Waals surface area contributed by atoms with Crippen LogP contribution in [0.1, 0.15) is 44.3 Å². The topological polar surface area (TPSA) is 68.4 Å². The first kappa shape index (κ1) is 18.8. The number of alkyl halides is 3. The Morgan fingerprint density at radius 3 is 2.57 bits per heavy atom. The van der Waals surface area contributed by atoms with E-state index in [2.05, 4.69) is 10.3 Å². The quantitative estimate of drug-likeness (QED) is 0.742. The van der Waals surface area contributed by atoms with E-state index < -0.39 is 18.1 Å². The second kappa shape index (κ2) is 6.49. The van der Waals surface area contributed by atoms with E-state index in [1.54, 1.807) is 4.57 Å². The second-order valence-electron chi connectivity index (χ2n) is 7.62. The molecule has 1 N–H and O–H groups in total. The minimum atomic E-state index is -4.86. The van der Waals surface area contributed by atoms with Gasteiger partial charge >= 0.3 is 12.1 Å². The van der Waals surface area contributed by atoms with Crippen molar-refractivity contribution in [1.29, 1.82) is 0 Å². The number of rotatable bonds is 3. The van der Waals surface area contributed by atoms with Gasteiger partial charge in [-0.3, -0.25) is 18.6 Å². The summed E-state index contributed by atoms with van der Waals surface area (Å²) in [5.74, 6) is -1.73. The Labute approximate surface area is 158 Å². The average Bonchev–Trinajstić information content (AvgIpc) is 3.13. The van der Waals surface area contributed by atoms with Crippen molar-refractivity contribution in [1.82, 2.24) is 19.3 Å². The lowest BCUT2D eigenvalue weighted by molar-refractivity contribution is -0.174. The molecule has 1 unspecified atom stereocenters. The highest BCUT2D eigenvalue weighted by Crippen LogP contribution is 2.34. The summed E-state index contributed by atoms with van der Waals surface area (Å²) in [5, 5.41) is 2.07. The Bertz CT molecular complexity index is 1080. The normalized spacial score (nSPS) is 22.0. The van der Waals surface area contributed by atoms with E-state index >= 15 is 0 Å². The first-order chi connectivity index (χ1) is 13.2. The largest absolute Gasteiger partial charge is 0.471 e. The van der Waals surface area contributed by atoms with Gasteiger partial charge in [0.25, 0.3) is 5.56 Å². The fourth-order valence-corrected chi connectivity index (χ4v) is 4.46. The molecule has 1 amide bonds. The molecule has 28 heavy (non-hydrogen) atoms. The molecule has 0 bridgehead atoms. The molecule has 3 aromatic heterocycles. The van der Waals surface area contributed by atoms with Crippen LogP contribution in [0.3, 0.4) is 0 Å². The van der Waals surface area contributed by atoms with E-state index in [1.165, 1.54) is 0 Å². The Hall–Kier alpha value is -2.58. The molecule has 1 saturated carbocycles. The number of halogens is 3. The fraction of sp³-hybridized carbons (Fsp3) is 0.526. The van der Waals surface area contributed by atoms with Gasteiger partial charge in [0.15, 0.2) is 0 Å². The maximum Gasteiger partial charge on any atom is 0.471 e. The van der Waals surface area contributed by atoms with Crippen LogP contribution in [0.5, 0.6) is 0 Å². The highest BCUT2D eigenvalue weighted by Gasteiger charge is 2.40. The molecular weight excluding hydrogens is 373 g/mol. The molecule has 1 atom stereocenters. The zero-order chi connectivity index (χ0) is 20.2. The number of hydrogen-bond donors (Lipinski definition) is 1. The van der Waals surface area contributed by atoms with Crippen molar-refractivity contribution < 1.29 is 18.0 Å². The molecule has 150 valence electrons. The van der Waals surface area contributed by atoms with Gasteiger partial charge in [-0.1, -0.05) is 6.07 Å². The first-order valence-corrected chi connectivity index (χ1v) is 9.38. The lowest BCUT2D eigenvalue weighted by Gasteiger charge is -2.33. The summed E-state index contributed by atoms with van der Waals surface area (Å²) in [6, 6.07) is 5.03. The van der Waals surface area contributed by atoms with Crippen LogP contribution in [0.2, 0.25) is 0 Å². The maximum atomic E-state index is 13.0. The molecule has 3 aromatic rings. The predicted octanol–water partition coefficient (Wildman–Crippen LogP) is 3.19. The number of imidazole rings is 2. The van der Waals surface area contributed by atoms with Crippen LogP contribution in [-0.2, 0) is 4.79 Å². The van der Waals surface area contributed by atoms with Gasteiger partial charge in [-0.15, -0.1) is 0 Å². The highest BCUT2D eigenvalue weighted by atomic mass is 19.4. The van der Waals surface area contributed by atoms with Crippen LogP contribution in [0.25, 0.3) is 16.8 Å². The number of pyridine rings is 1. The van der Waals surface area contributed by atoms with Gasteiger partial charge < -0.3 is 5.32 Å². The third-order valence-electron chi connectivity index (χ3n) is 5.92. The molecule has 4 rings (SSSR count). The molecule has 1 aliphatic rings. The van der Waals surface area contributed by atoms with Crippen LogP contribution in [0, 0.1) is 12.8 Å². The van der Waals surface area contributed by atoms with Gasteiger partial charge in [-0.05, 0) is 57.6 Å². The van der Waals surface area contributed by atoms with E-state index in [4.69, 9.17) is 0 Å². The number of carbonyl (C=O) groups excluding carboxylic acids is 1. The Kier molecular flexibility index (Phi) is 4.35. The molecule has 3 heterocycles. The summed E-state index contributed by atoms with van der Waals surface area (Å²) in [6.07, 6.45) is -2.62. The third kappa shape index (κ3) is 2.93. The van der Waals surface area contributed by atoms with Crippen molar-refractivity contribution in [2.75, 3.05) is 0 Å². The van der Waals surface area contributed by atoms with E-state index in [9.17, 15) is 22.8 Å². The van der Waals surface area contributed by atoms with Gasteiger partial charge in [-0.25, -0.2) is 4.98 Å². The van der Waals surface area contributed by atoms with Crippen LogP contribution < -0.4 is 10.9 Å². The van der Waals surface area contributed by atoms with Gasteiger partial charge in [0.2, 0.25) is 0 Å². The van der Waals surface area contributed by atoms with Crippen LogP contribution in [0.15, 0.2) is 23.0 Å². The van der Waals surface area contributed by atoms with E-state index in [1.807, 2.05) is 36.4 Å². The van der Waals surface area contributed by atoms with Crippen LogP contribution >= 0.6 is 0 Å². The zero-order valence-electron chi connectivity index (χ0n) is 15.6. The summed E-state index contributed by atoms with van der Waals surface area (Å²) >= 11 is 0.